The van der Waals surface area contributed by atoms with Crippen molar-refractivity contribution >= 4 is 5.69 Å². The summed E-state index contributed by atoms with van der Waals surface area (Å²) in [5, 5.41) is 0. The zero-order chi connectivity index (χ0) is 12.0. The molecule has 1 aromatic rings. The lowest BCUT2D eigenvalue weighted by Crippen LogP contribution is -2.22. The Morgan fingerprint density at radius 1 is 1.44 bits per heavy atom. The van der Waals surface area contributed by atoms with Gasteiger partial charge in [-0.05, 0) is 18.9 Å². The van der Waals surface area contributed by atoms with E-state index in [1.165, 1.54) is 0 Å². The molecule has 0 fully saturated rings. The van der Waals surface area contributed by atoms with Crippen molar-refractivity contribution < 1.29 is 4.74 Å². The molecule has 1 rings (SSSR count). The zero-order valence-corrected chi connectivity index (χ0v) is 10.0. The van der Waals surface area contributed by atoms with Crippen LogP contribution in [-0.2, 0) is 11.3 Å². The molecule has 4 heteroatoms. The van der Waals surface area contributed by atoms with Crippen LogP contribution in [-0.4, -0.2) is 17.8 Å². The van der Waals surface area contributed by atoms with Gasteiger partial charge in [-0.3, -0.25) is 4.79 Å². The largest absolute Gasteiger partial charge is 0.397 e. The van der Waals surface area contributed by atoms with Crippen molar-refractivity contribution in [1.29, 1.82) is 0 Å². The van der Waals surface area contributed by atoms with Crippen molar-refractivity contribution in [3.63, 3.8) is 0 Å². The molecular formula is C12H20N2O2. The summed E-state index contributed by atoms with van der Waals surface area (Å²) in [4.78, 5) is 11.6. The second kappa shape index (κ2) is 6.33. The van der Waals surface area contributed by atoms with E-state index >= 15 is 0 Å². The van der Waals surface area contributed by atoms with E-state index in [2.05, 4.69) is 6.92 Å². The molecule has 2 N–H and O–H groups in total. The van der Waals surface area contributed by atoms with Crippen LogP contribution in [0.3, 0.4) is 0 Å². The number of nitrogens with zero attached hydrogens (tertiary/aromatic N) is 1. The van der Waals surface area contributed by atoms with Gasteiger partial charge in [0.25, 0.3) is 5.56 Å². The highest BCUT2D eigenvalue weighted by molar-refractivity contribution is 5.42. The topological polar surface area (TPSA) is 57.2 Å². The van der Waals surface area contributed by atoms with Crippen molar-refractivity contribution in [1.82, 2.24) is 4.57 Å². The van der Waals surface area contributed by atoms with Gasteiger partial charge in [-0.25, -0.2) is 0 Å². The van der Waals surface area contributed by atoms with E-state index in [1.54, 1.807) is 16.8 Å². The van der Waals surface area contributed by atoms with E-state index in [-0.39, 0.29) is 5.56 Å². The molecule has 90 valence electrons. The third-order valence-electron chi connectivity index (χ3n) is 2.49. The summed E-state index contributed by atoms with van der Waals surface area (Å²) < 4.78 is 6.99. The maximum absolute atomic E-state index is 11.6. The summed E-state index contributed by atoms with van der Waals surface area (Å²) in [6.45, 7) is 5.83. The molecule has 1 aromatic heterocycles. The Hall–Kier alpha value is -1.29. The van der Waals surface area contributed by atoms with Gasteiger partial charge < -0.3 is 15.0 Å². The molecule has 0 aliphatic heterocycles. The second-order valence-corrected chi connectivity index (χ2v) is 3.91. The van der Waals surface area contributed by atoms with Gasteiger partial charge in [0, 0.05) is 25.4 Å². The summed E-state index contributed by atoms with van der Waals surface area (Å²) in [5.41, 5.74) is 7.19. The number of nitrogen functional groups attached to an aromatic ring is 1. The minimum absolute atomic E-state index is 0.0224. The first-order valence-electron chi connectivity index (χ1n) is 5.69. The first-order valence-corrected chi connectivity index (χ1v) is 5.69. The second-order valence-electron chi connectivity index (χ2n) is 3.91. The number of nitrogens with two attached hydrogens (primary N) is 1. The van der Waals surface area contributed by atoms with Gasteiger partial charge in [-0.2, -0.15) is 0 Å². The van der Waals surface area contributed by atoms with Crippen LogP contribution in [0, 0.1) is 6.92 Å². The van der Waals surface area contributed by atoms with E-state index in [1.807, 2.05) is 6.92 Å². The third kappa shape index (κ3) is 3.70. The molecule has 0 bridgehead atoms. The van der Waals surface area contributed by atoms with Gasteiger partial charge in [0.15, 0.2) is 0 Å². The van der Waals surface area contributed by atoms with Gasteiger partial charge in [0.05, 0.1) is 12.3 Å². The van der Waals surface area contributed by atoms with Crippen molar-refractivity contribution in [3.05, 3.63) is 28.2 Å². The van der Waals surface area contributed by atoms with Gasteiger partial charge >= 0.3 is 0 Å². The number of unbranched alkanes of at least 4 members (excludes halogenated alkanes) is 1. The summed E-state index contributed by atoms with van der Waals surface area (Å²) in [6, 6.07) is 1.56. The Morgan fingerprint density at radius 2 is 2.19 bits per heavy atom. The standard InChI is InChI=1S/C12H20N2O2/c1-3-4-6-16-7-5-14-9-11(13)10(2)8-12(14)15/h8-9H,3-7,13H2,1-2H3. The van der Waals surface area contributed by atoms with Crippen molar-refractivity contribution in [2.24, 2.45) is 0 Å². The summed E-state index contributed by atoms with van der Waals surface area (Å²) in [5.74, 6) is 0. The smallest absolute Gasteiger partial charge is 0.250 e. The molecule has 16 heavy (non-hydrogen) atoms. The fraction of sp³-hybridized carbons (Fsp3) is 0.583. The van der Waals surface area contributed by atoms with E-state index in [4.69, 9.17) is 10.5 Å². The molecule has 0 amide bonds. The number of aromatic nitrogens is 1. The highest BCUT2D eigenvalue weighted by Crippen LogP contribution is 2.05. The number of aryl methyl sites for hydroxylation is 1. The number of ether oxygens (including phenoxy) is 1. The van der Waals surface area contributed by atoms with Crippen LogP contribution < -0.4 is 11.3 Å². The van der Waals surface area contributed by atoms with Crippen LogP contribution in [0.25, 0.3) is 0 Å². The van der Waals surface area contributed by atoms with Crippen LogP contribution in [0.2, 0.25) is 0 Å². The lowest BCUT2D eigenvalue weighted by molar-refractivity contribution is 0.123. The van der Waals surface area contributed by atoms with Crippen LogP contribution in [0.1, 0.15) is 25.3 Å². The average molecular weight is 224 g/mol. The number of anilines is 1. The SMILES string of the molecule is CCCCOCCn1cc(N)c(C)cc1=O. The number of hydrogen-bond donors (Lipinski definition) is 1. The molecule has 0 unspecified atom stereocenters. The van der Waals surface area contributed by atoms with Crippen molar-refractivity contribution in [2.45, 2.75) is 33.2 Å². The molecule has 1 heterocycles. The van der Waals surface area contributed by atoms with Crippen LogP contribution in [0.4, 0.5) is 5.69 Å². The van der Waals surface area contributed by atoms with E-state index in [9.17, 15) is 4.79 Å². The Labute approximate surface area is 96.0 Å². The van der Waals surface area contributed by atoms with Gasteiger partial charge in [0.2, 0.25) is 0 Å². The fourth-order valence-corrected chi connectivity index (χ4v) is 1.37. The Bertz CT molecular complexity index is 385. The summed E-state index contributed by atoms with van der Waals surface area (Å²) in [7, 11) is 0. The van der Waals surface area contributed by atoms with Crippen LogP contribution >= 0.6 is 0 Å². The fourth-order valence-electron chi connectivity index (χ4n) is 1.37. The molecule has 0 radical (unpaired) electrons. The minimum atomic E-state index is -0.0224. The lowest BCUT2D eigenvalue weighted by atomic mass is 10.2. The number of hydrogen-bond acceptors (Lipinski definition) is 3. The van der Waals surface area contributed by atoms with E-state index < -0.39 is 0 Å². The van der Waals surface area contributed by atoms with Crippen molar-refractivity contribution in [3.8, 4) is 0 Å². The molecule has 0 aliphatic carbocycles. The highest BCUT2D eigenvalue weighted by Gasteiger charge is 2.00. The molecular weight excluding hydrogens is 204 g/mol. The van der Waals surface area contributed by atoms with Gasteiger partial charge in [-0.1, -0.05) is 13.3 Å². The Morgan fingerprint density at radius 3 is 2.88 bits per heavy atom. The molecule has 0 aliphatic rings. The maximum atomic E-state index is 11.6. The third-order valence-corrected chi connectivity index (χ3v) is 2.49. The number of rotatable bonds is 6. The van der Waals surface area contributed by atoms with Gasteiger partial charge in [0.1, 0.15) is 0 Å². The number of pyridine rings is 1. The minimum Gasteiger partial charge on any atom is -0.397 e. The monoisotopic (exact) mass is 224 g/mol. The summed E-state index contributed by atoms with van der Waals surface area (Å²) >= 11 is 0. The highest BCUT2D eigenvalue weighted by atomic mass is 16.5. The molecule has 0 aromatic carbocycles. The normalized spacial score (nSPS) is 10.6. The van der Waals surface area contributed by atoms with E-state index in [0.29, 0.717) is 18.8 Å². The molecule has 0 atom stereocenters. The predicted octanol–water partition coefficient (Wildman–Crippen LogP) is 1.56. The van der Waals surface area contributed by atoms with Crippen LogP contribution in [0.15, 0.2) is 17.1 Å². The lowest BCUT2D eigenvalue weighted by Gasteiger charge is -2.08. The average Bonchev–Trinajstić information content (AvgIpc) is 2.25. The zero-order valence-electron chi connectivity index (χ0n) is 10.0. The molecule has 0 saturated carbocycles. The molecule has 0 spiro atoms. The van der Waals surface area contributed by atoms with Gasteiger partial charge in [-0.15, -0.1) is 0 Å². The molecule has 4 nitrogen and oxygen atoms in total. The maximum Gasteiger partial charge on any atom is 0.250 e. The first kappa shape index (κ1) is 12.8. The first-order chi connectivity index (χ1) is 7.65. The molecule has 0 saturated heterocycles. The van der Waals surface area contributed by atoms with E-state index in [0.717, 1.165) is 25.0 Å². The quantitative estimate of drug-likeness (QED) is 0.746. The Kier molecular flexibility index (Phi) is 5.05. The summed E-state index contributed by atoms with van der Waals surface area (Å²) in [6.07, 6.45) is 3.86. The van der Waals surface area contributed by atoms with Crippen LogP contribution in [0.5, 0.6) is 0 Å². The predicted molar refractivity (Wildman–Crippen MR) is 65.6 cm³/mol. The Balaban J connectivity index is 2.48. The van der Waals surface area contributed by atoms with Crippen molar-refractivity contribution in [2.75, 3.05) is 18.9 Å².